The molecule has 1 saturated heterocycles. The van der Waals surface area contributed by atoms with Gasteiger partial charge in [0.05, 0.1) is 5.37 Å². The Kier molecular flexibility index (Phi) is 6.72. The molecular formula is C19H28N2O2S. The zero-order chi connectivity index (χ0) is 17.7. The van der Waals surface area contributed by atoms with Crippen LogP contribution in [0.2, 0.25) is 0 Å². The fraction of sp³-hybridized carbons (Fsp3) is 0.579. The van der Waals surface area contributed by atoms with Crippen molar-refractivity contribution in [2.75, 3.05) is 12.3 Å². The van der Waals surface area contributed by atoms with E-state index in [2.05, 4.69) is 26.1 Å². The number of thioether (sulfide) groups is 1. The van der Waals surface area contributed by atoms with E-state index in [-0.39, 0.29) is 23.2 Å². The van der Waals surface area contributed by atoms with Crippen molar-refractivity contribution in [2.45, 2.75) is 52.0 Å². The predicted octanol–water partition coefficient (Wildman–Crippen LogP) is 3.45. The van der Waals surface area contributed by atoms with Crippen LogP contribution in [0.1, 0.15) is 49.5 Å². The van der Waals surface area contributed by atoms with Crippen LogP contribution in [-0.4, -0.2) is 40.4 Å². The second-order valence-corrected chi connectivity index (χ2v) is 7.81. The molecule has 1 aliphatic rings. The molecule has 1 aromatic rings. The molecule has 5 heteroatoms. The molecule has 2 unspecified atom stereocenters. The number of carbonyl (C=O) groups is 2. The third kappa shape index (κ3) is 4.12. The number of unbranched alkanes of at least 4 members (excludes halogenated alkanes) is 1. The minimum atomic E-state index is -0.383. The van der Waals surface area contributed by atoms with E-state index in [1.54, 1.807) is 16.7 Å². The third-order valence-corrected chi connectivity index (χ3v) is 5.97. The molecule has 1 aliphatic heterocycles. The van der Waals surface area contributed by atoms with Crippen molar-refractivity contribution in [1.82, 2.24) is 10.2 Å². The van der Waals surface area contributed by atoms with Gasteiger partial charge in [-0.25, -0.2) is 0 Å². The molecule has 0 saturated carbocycles. The van der Waals surface area contributed by atoms with Crippen LogP contribution in [0.4, 0.5) is 0 Å². The molecule has 4 nitrogen and oxygen atoms in total. The van der Waals surface area contributed by atoms with Crippen LogP contribution in [0.15, 0.2) is 24.3 Å². The average Bonchev–Trinajstić information content (AvgIpc) is 3.00. The number of amides is 2. The molecule has 0 spiro atoms. The van der Waals surface area contributed by atoms with Crippen molar-refractivity contribution in [2.24, 2.45) is 5.92 Å². The SMILES string of the molecule is CCCCNC(=O)C1CSC(C(C)C)N1C(=O)c1ccccc1C. The summed E-state index contributed by atoms with van der Waals surface area (Å²) in [6.07, 6.45) is 2.01. The Morgan fingerprint density at radius 2 is 2.04 bits per heavy atom. The molecule has 2 rings (SSSR count). The maximum Gasteiger partial charge on any atom is 0.255 e. The number of aryl methyl sites for hydroxylation is 1. The first kappa shape index (κ1) is 18.8. The number of nitrogens with zero attached hydrogens (tertiary/aromatic N) is 1. The molecule has 0 bridgehead atoms. The summed E-state index contributed by atoms with van der Waals surface area (Å²) in [6.45, 7) is 8.92. The van der Waals surface area contributed by atoms with Crippen LogP contribution < -0.4 is 5.32 Å². The molecule has 0 radical (unpaired) electrons. The van der Waals surface area contributed by atoms with Crippen molar-refractivity contribution in [3.63, 3.8) is 0 Å². The van der Waals surface area contributed by atoms with Crippen LogP contribution in [0, 0.1) is 12.8 Å². The van der Waals surface area contributed by atoms with E-state index in [0.717, 1.165) is 18.4 Å². The summed E-state index contributed by atoms with van der Waals surface area (Å²) in [7, 11) is 0. The lowest BCUT2D eigenvalue weighted by molar-refractivity contribution is -0.124. The highest BCUT2D eigenvalue weighted by molar-refractivity contribution is 8.00. The number of carbonyl (C=O) groups excluding carboxylic acids is 2. The minimum absolute atomic E-state index is 0.0268. The quantitative estimate of drug-likeness (QED) is 0.801. The van der Waals surface area contributed by atoms with Gasteiger partial charge in [0.1, 0.15) is 6.04 Å². The lowest BCUT2D eigenvalue weighted by Gasteiger charge is -2.31. The minimum Gasteiger partial charge on any atom is -0.354 e. The highest BCUT2D eigenvalue weighted by Gasteiger charge is 2.43. The lowest BCUT2D eigenvalue weighted by Crippen LogP contribution is -2.51. The third-order valence-electron chi connectivity index (χ3n) is 4.35. The summed E-state index contributed by atoms with van der Waals surface area (Å²) < 4.78 is 0. The monoisotopic (exact) mass is 348 g/mol. The molecule has 2 amide bonds. The second kappa shape index (κ2) is 8.56. The average molecular weight is 349 g/mol. The van der Waals surface area contributed by atoms with Crippen LogP contribution in [0.3, 0.4) is 0 Å². The van der Waals surface area contributed by atoms with Gasteiger partial charge in [-0.15, -0.1) is 11.8 Å². The number of hydrogen-bond acceptors (Lipinski definition) is 3. The highest BCUT2D eigenvalue weighted by atomic mass is 32.2. The highest BCUT2D eigenvalue weighted by Crippen LogP contribution is 2.35. The first-order valence-electron chi connectivity index (χ1n) is 8.75. The smallest absolute Gasteiger partial charge is 0.255 e. The Balaban J connectivity index is 2.23. The van der Waals surface area contributed by atoms with Crippen LogP contribution in [0.25, 0.3) is 0 Å². The van der Waals surface area contributed by atoms with E-state index in [1.165, 1.54) is 0 Å². The van der Waals surface area contributed by atoms with Crippen LogP contribution in [-0.2, 0) is 4.79 Å². The van der Waals surface area contributed by atoms with Gasteiger partial charge in [-0.1, -0.05) is 45.4 Å². The zero-order valence-electron chi connectivity index (χ0n) is 15.0. The van der Waals surface area contributed by atoms with Crippen molar-refractivity contribution in [3.8, 4) is 0 Å². The molecule has 1 aromatic carbocycles. The van der Waals surface area contributed by atoms with Crippen molar-refractivity contribution in [3.05, 3.63) is 35.4 Å². The molecule has 1 heterocycles. The molecule has 1 fully saturated rings. The van der Waals surface area contributed by atoms with Gasteiger partial charge in [-0.2, -0.15) is 0 Å². The molecule has 132 valence electrons. The summed E-state index contributed by atoms with van der Waals surface area (Å²) in [5, 5.41) is 3.03. The number of nitrogens with one attached hydrogen (secondary N) is 1. The fourth-order valence-electron chi connectivity index (χ4n) is 2.96. The van der Waals surface area contributed by atoms with E-state index >= 15 is 0 Å². The fourth-order valence-corrected chi connectivity index (χ4v) is 4.44. The Morgan fingerprint density at radius 3 is 2.67 bits per heavy atom. The van der Waals surface area contributed by atoms with E-state index < -0.39 is 0 Å². The molecule has 0 aromatic heterocycles. The Hall–Kier alpha value is -1.49. The topological polar surface area (TPSA) is 49.4 Å². The first-order valence-corrected chi connectivity index (χ1v) is 9.79. The van der Waals surface area contributed by atoms with Crippen molar-refractivity contribution < 1.29 is 9.59 Å². The van der Waals surface area contributed by atoms with Gasteiger partial charge in [0.2, 0.25) is 5.91 Å². The summed E-state index contributed by atoms with van der Waals surface area (Å²) in [5.74, 6) is 0.906. The number of hydrogen-bond donors (Lipinski definition) is 1. The van der Waals surface area contributed by atoms with Crippen molar-refractivity contribution >= 4 is 23.6 Å². The lowest BCUT2D eigenvalue weighted by atomic mass is 10.0. The standard InChI is InChI=1S/C19H28N2O2S/c1-5-6-11-20-17(22)16-12-24-19(13(2)3)21(16)18(23)15-10-8-7-9-14(15)4/h7-10,13,16,19H,5-6,11-12H2,1-4H3,(H,20,22). The Bertz CT molecular complexity index is 588. The van der Waals surface area contributed by atoms with Crippen LogP contribution in [0.5, 0.6) is 0 Å². The van der Waals surface area contributed by atoms with E-state index in [0.29, 0.717) is 23.8 Å². The molecule has 24 heavy (non-hydrogen) atoms. The van der Waals surface area contributed by atoms with E-state index in [4.69, 9.17) is 0 Å². The summed E-state index contributed by atoms with van der Waals surface area (Å²) in [4.78, 5) is 27.6. The molecule has 2 atom stereocenters. The van der Waals surface area contributed by atoms with Gasteiger partial charge in [0.25, 0.3) is 5.91 Å². The van der Waals surface area contributed by atoms with Gasteiger partial charge in [0.15, 0.2) is 0 Å². The number of rotatable bonds is 6. The summed E-state index contributed by atoms with van der Waals surface area (Å²) in [6, 6.07) is 7.22. The van der Waals surface area contributed by atoms with Crippen LogP contribution >= 0.6 is 11.8 Å². The maximum absolute atomic E-state index is 13.2. The molecule has 0 aliphatic carbocycles. The summed E-state index contributed by atoms with van der Waals surface area (Å²) in [5.41, 5.74) is 1.64. The van der Waals surface area contributed by atoms with E-state index in [1.807, 2.05) is 31.2 Å². The summed E-state index contributed by atoms with van der Waals surface area (Å²) >= 11 is 1.71. The van der Waals surface area contributed by atoms with Gasteiger partial charge < -0.3 is 10.2 Å². The zero-order valence-corrected chi connectivity index (χ0v) is 15.9. The Labute approximate surface area is 149 Å². The molecule has 1 N–H and O–H groups in total. The Morgan fingerprint density at radius 1 is 1.33 bits per heavy atom. The molecular weight excluding hydrogens is 320 g/mol. The largest absolute Gasteiger partial charge is 0.354 e. The number of benzene rings is 1. The van der Waals surface area contributed by atoms with Gasteiger partial charge in [-0.05, 0) is 30.9 Å². The normalized spacial score (nSPS) is 20.5. The van der Waals surface area contributed by atoms with Gasteiger partial charge >= 0.3 is 0 Å². The predicted molar refractivity (Wildman–Crippen MR) is 100 cm³/mol. The van der Waals surface area contributed by atoms with E-state index in [9.17, 15) is 9.59 Å². The van der Waals surface area contributed by atoms with Gasteiger partial charge in [-0.3, -0.25) is 9.59 Å². The first-order chi connectivity index (χ1) is 11.5. The van der Waals surface area contributed by atoms with Crippen molar-refractivity contribution in [1.29, 1.82) is 0 Å². The second-order valence-electron chi connectivity index (χ2n) is 6.66. The van der Waals surface area contributed by atoms with Gasteiger partial charge in [0, 0.05) is 17.9 Å². The maximum atomic E-state index is 13.2.